The molecule has 0 aliphatic heterocycles. The maximum absolute atomic E-state index is 13.1. The summed E-state index contributed by atoms with van der Waals surface area (Å²) in [4.78, 5) is 33.9. The van der Waals surface area contributed by atoms with Gasteiger partial charge in [0.05, 0.1) is 38.1 Å². The van der Waals surface area contributed by atoms with E-state index in [-0.39, 0.29) is 43.3 Å². The molecule has 12 nitrogen and oxygen atoms in total. The first-order valence-electron chi connectivity index (χ1n) is 16.9. The molecule has 0 saturated heterocycles. The number of aromatic nitrogens is 3. The minimum Gasteiger partial charge on any atom is -0.382 e. The third-order valence-corrected chi connectivity index (χ3v) is 8.36. The lowest BCUT2D eigenvalue weighted by atomic mass is 9.94. The summed E-state index contributed by atoms with van der Waals surface area (Å²) in [6, 6.07) is 21.9. The first kappa shape index (κ1) is 43.4. The van der Waals surface area contributed by atoms with E-state index in [0.29, 0.717) is 28.2 Å². The minimum atomic E-state index is -1.67. The molecule has 0 bridgehead atoms. The molecule has 0 aliphatic rings. The maximum Gasteiger partial charge on any atom is 0.190 e. The molecule has 0 saturated carbocycles. The smallest absolute Gasteiger partial charge is 0.190 e. The van der Waals surface area contributed by atoms with Gasteiger partial charge in [0.25, 0.3) is 0 Å². The monoisotopic (exact) mass is 756 g/mol. The normalized spacial score (nSPS) is 12.2. The Labute approximate surface area is 323 Å². The van der Waals surface area contributed by atoms with Gasteiger partial charge in [0, 0.05) is 28.9 Å². The molecule has 2 N–H and O–H groups in total. The number of halogens is 2. The van der Waals surface area contributed by atoms with Gasteiger partial charge in [-0.25, -0.2) is 23.2 Å². The average molecular weight is 757 g/mol. The Balaban J connectivity index is 0.000000258. The van der Waals surface area contributed by atoms with Crippen LogP contribution in [0.15, 0.2) is 96.2 Å². The second-order valence-corrected chi connectivity index (χ2v) is 13.0. The minimum absolute atomic E-state index is 0.0344. The third-order valence-electron chi connectivity index (χ3n) is 8.36. The summed E-state index contributed by atoms with van der Waals surface area (Å²) in [5.41, 5.74) is 10.9. The van der Waals surface area contributed by atoms with E-state index in [4.69, 9.17) is 25.1 Å². The fourth-order valence-corrected chi connectivity index (χ4v) is 5.06. The van der Waals surface area contributed by atoms with Gasteiger partial charge >= 0.3 is 0 Å². The van der Waals surface area contributed by atoms with E-state index in [1.807, 2.05) is 6.92 Å². The van der Waals surface area contributed by atoms with Crippen LogP contribution in [0.3, 0.4) is 0 Å². The highest BCUT2D eigenvalue weighted by Gasteiger charge is 2.32. The number of aryl methyl sites for hydroxylation is 2. The van der Waals surface area contributed by atoms with Gasteiger partial charge in [0.1, 0.15) is 22.8 Å². The molecule has 0 amide bonds. The molecule has 284 valence electrons. The van der Waals surface area contributed by atoms with Crippen molar-refractivity contribution in [3.8, 4) is 23.6 Å². The van der Waals surface area contributed by atoms with E-state index in [0.717, 1.165) is 22.3 Å². The summed E-state index contributed by atoms with van der Waals surface area (Å²) >= 11 is 0. The Morgan fingerprint density at radius 3 is 1.77 bits per heavy atom. The quantitative estimate of drug-likeness (QED) is 0.0456. The van der Waals surface area contributed by atoms with Crippen molar-refractivity contribution in [1.29, 1.82) is 0 Å². The summed E-state index contributed by atoms with van der Waals surface area (Å²) in [6.45, 7) is 20.0. The lowest BCUT2D eigenvalue weighted by Crippen LogP contribution is -2.41. The van der Waals surface area contributed by atoms with Gasteiger partial charge < -0.3 is 10.2 Å². The number of rotatable bonds is 11. The predicted octanol–water partition coefficient (Wildman–Crippen LogP) is 8.03. The standard InChI is InChI=1S/C21H19FN4O2.C13H14N4O2.C8H5F/c1-14-10-15(4-9-18(14)23-3)11-20(27)21(2,28)13-26-19(12-24-25-26)16-5-7-17(22)8-6-16;1-9-6-10(4-5-11(9)15-3)7-12(18)13(2,19)8-16-17-14;1-2-7-3-5-8(9)6-4-7/h4-10,12,28H,11,13H2,1-2H3;4-6,19H,7-8H2,1-2H3;1,3-6H/t21-;13-;/m00./s1. The van der Waals surface area contributed by atoms with Gasteiger partial charge in [-0.3, -0.25) is 9.59 Å². The number of carbonyl (C=O) groups excluding carboxylic acids is 2. The van der Waals surface area contributed by atoms with E-state index in [1.54, 1.807) is 67.6 Å². The first-order valence-corrected chi connectivity index (χ1v) is 16.9. The van der Waals surface area contributed by atoms with Crippen molar-refractivity contribution in [2.45, 2.75) is 58.3 Å². The lowest BCUT2D eigenvalue weighted by Gasteiger charge is -2.22. The van der Waals surface area contributed by atoms with Gasteiger partial charge in [-0.1, -0.05) is 52.6 Å². The highest BCUT2D eigenvalue weighted by molar-refractivity contribution is 5.89. The van der Waals surface area contributed by atoms with Crippen molar-refractivity contribution in [2.75, 3.05) is 6.54 Å². The number of terminal acetylenes is 1. The topological polar surface area (TPSA) is 163 Å². The Kier molecular flexibility index (Phi) is 15.4. The van der Waals surface area contributed by atoms with Crippen molar-refractivity contribution in [2.24, 2.45) is 5.11 Å². The SMILES string of the molecule is C#Cc1ccc(F)cc1.[C-]#[N+]c1ccc(CC(=O)[C@@](C)(O)CN=[N+]=[N-])cc1C.[C-]#[N+]c1ccc(CC(=O)[C@@](C)(O)Cn2nncc2-c2ccc(F)cc2)cc1C. The lowest BCUT2D eigenvalue weighted by molar-refractivity contribution is -0.136. The zero-order chi connectivity index (χ0) is 41.5. The first-order chi connectivity index (χ1) is 26.5. The largest absolute Gasteiger partial charge is 0.382 e. The molecule has 0 fully saturated rings. The number of carbonyl (C=O) groups is 2. The summed E-state index contributed by atoms with van der Waals surface area (Å²) in [6.07, 6.45) is 6.60. The van der Waals surface area contributed by atoms with Gasteiger partial charge in [-0.15, -0.1) is 11.5 Å². The molecule has 0 spiro atoms. The highest BCUT2D eigenvalue weighted by atomic mass is 19.1. The van der Waals surface area contributed by atoms with Crippen LogP contribution in [0.1, 0.15) is 41.7 Å². The summed E-state index contributed by atoms with van der Waals surface area (Å²) < 4.78 is 26.7. The van der Waals surface area contributed by atoms with Gasteiger partial charge in [-0.05, 0) is 104 Å². The summed E-state index contributed by atoms with van der Waals surface area (Å²) in [7, 11) is 0. The zero-order valence-corrected chi connectivity index (χ0v) is 31.1. The van der Waals surface area contributed by atoms with Crippen LogP contribution in [0.25, 0.3) is 31.4 Å². The fraction of sp³-hybridized carbons (Fsp3) is 0.238. The van der Waals surface area contributed by atoms with Crippen LogP contribution < -0.4 is 0 Å². The van der Waals surface area contributed by atoms with Crippen LogP contribution in [0.5, 0.6) is 0 Å². The van der Waals surface area contributed by atoms with Gasteiger partial charge in [0.15, 0.2) is 22.9 Å². The van der Waals surface area contributed by atoms with E-state index in [2.05, 4.69) is 35.9 Å². The molecule has 1 aromatic heterocycles. The molecule has 0 radical (unpaired) electrons. The molecular weight excluding hydrogens is 719 g/mol. The summed E-state index contributed by atoms with van der Waals surface area (Å²) in [5.74, 6) is 0.981. The van der Waals surface area contributed by atoms with Crippen molar-refractivity contribution in [3.63, 3.8) is 0 Å². The summed E-state index contributed by atoms with van der Waals surface area (Å²) in [5, 5.41) is 31.7. The van der Waals surface area contributed by atoms with Crippen LogP contribution in [-0.2, 0) is 29.0 Å². The van der Waals surface area contributed by atoms with Crippen molar-refractivity contribution in [3.05, 3.63) is 164 Å². The number of Topliss-reactive ketones (excluding diaryl/α,β-unsaturated/α-hetero) is 2. The van der Waals surface area contributed by atoms with Crippen LogP contribution in [0.4, 0.5) is 20.2 Å². The number of hydrogen-bond donors (Lipinski definition) is 2. The number of nitrogens with zero attached hydrogens (tertiary/aromatic N) is 8. The number of ketones is 2. The fourth-order valence-electron chi connectivity index (χ4n) is 5.06. The van der Waals surface area contributed by atoms with E-state index >= 15 is 0 Å². The van der Waals surface area contributed by atoms with Crippen LogP contribution in [-0.4, -0.2) is 54.5 Å². The Bertz CT molecular complexity index is 2340. The molecule has 5 aromatic rings. The Morgan fingerprint density at radius 1 is 0.839 bits per heavy atom. The van der Waals surface area contributed by atoms with Crippen LogP contribution >= 0.6 is 0 Å². The number of aliphatic hydroxyl groups is 2. The second-order valence-electron chi connectivity index (χ2n) is 13.0. The number of hydrogen-bond acceptors (Lipinski definition) is 7. The molecule has 1 heterocycles. The van der Waals surface area contributed by atoms with Crippen LogP contribution in [0, 0.1) is 51.0 Å². The highest BCUT2D eigenvalue weighted by Crippen LogP contribution is 2.24. The predicted molar refractivity (Wildman–Crippen MR) is 207 cm³/mol. The van der Waals surface area contributed by atoms with Crippen molar-refractivity contribution < 1.29 is 28.6 Å². The zero-order valence-electron chi connectivity index (χ0n) is 31.1. The third kappa shape index (κ3) is 12.6. The molecular formula is C42H38F2N8O4. The molecule has 0 aliphatic carbocycles. The van der Waals surface area contributed by atoms with Gasteiger partial charge in [-0.2, -0.15) is 0 Å². The molecule has 4 aromatic carbocycles. The molecule has 56 heavy (non-hydrogen) atoms. The van der Waals surface area contributed by atoms with E-state index < -0.39 is 17.0 Å². The molecule has 5 rings (SSSR count). The number of azide groups is 1. The van der Waals surface area contributed by atoms with E-state index in [1.165, 1.54) is 49.0 Å². The van der Waals surface area contributed by atoms with Crippen LogP contribution in [0.2, 0.25) is 0 Å². The molecule has 14 heteroatoms. The Morgan fingerprint density at radius 2 is 1.32 bits per heavy atom. The van der Waals surface area contributed by atoms with Crippen molar-refractivity contribution in [1.82, 2.24) is 15.0 Å². The Hall–Kier alpha value is -7.01. The second kappa shape index (κ2) is 19.9. The van der Waals surface area contributed by atoms with Gasteiger partial charge in [0.2, 0.25) is 0 Å². The maximum atomic E-state index is 13.1. The van der Waals surface area contributed by atoms with E-state index in [9.17, 15) is 28.6 Å². The van der Waals surface area contributed by atoms with Crippen molar-refractivity contribution >= 4 is 22.9 Å². The molecule has 2 atom stereocenters. The molecule has 0 unspecified atom stereocenters. The average Bonchev–Trinajstić information content (AvgIpc) is 3.62. The number of benzene rings is 4.